The average Bonchev–Trinajstić information content (AvgIpc) is 3.16. The third-order valence-electron chi connectivity index (χ3n) is 7.57. The van der Waals surface area contributed by atoms with Gasteiger partial charge in [-0.25, -0.2) is 0 Å². The fraction of sp³-hybridized carbons (Fsp3) is 0.258. The van der Waals surface area contributed by atoms with E-state index in [9.17, 15) is 9.59 Å². The first-order valence-corrected chi connectivity index (χ1v) is 12.8. The Morgan fingerprint density at radius 1 is 0.838 bits per heavy atom. The van der Waals surface area contributed by atoms with Crippen LogP contribution >= 0.6 is 0 Å². The number of ketones is 2. The lowest BCUT2D eigenvalue weighted by molar-refractivity contribution is 0.0283. The number of nitrogens with zero attached hydrogens (tertiary/aromatic N) is 3. The Balaban J connectivity index is 1.35. The van der Waals surface area contributed by atoms with Crippen LogP contribution in [0.3, 0.4) is 0 Å². The molecule has 6 heteroatoms. The molecule has 186 valence electrons. The quantitative estimate of drug-likeness (QED) is 0.364. The molecule has 1 aromatic heterocycles. The maximum absolute atomic E-state index is 14.2. The number of Topliss-reactive ketones (excluding diaryl/α,β-unsaturated/α-hetero) is 2. The first-order chi connectivity index (χ1) is 18.1. The van der Waals surface area contributed by atoms with Gasteiger partial charge < -0.3 is 4.74 Å². The number of para-hydroxylation sites is 1. The zero-order chi connectivity index (χ0) is 25.4. The van der Waals surface area contributed by atoms with Crippen molar-refractivity contribution in [3.05, 3.63) is 107 Å². The van der Waals surface area contributed by atoms with E-state index in [1.807, 2.05) is 61.5 Å². The number of hydrogen-bond donors (Lipinski definition) is 0. The molecule has 0 saturated carbocycles. The number of rotatable bonds is 6. The van der Waals surface area contributed by atoms with Gasteiger partial charge in [0.05, 0.1) is 12.1 Å². The summed E-state index contributed by atoms with van der Waals surface area (Å²) in [5.74, 6) is 0.603. The topological polar surface area (TPSA) is 62.7 Å². The maximum atomic E-state index is 14.2. The van der Waals surface area contributed by atoms with Gasteiger partial charge in [-0.3, -0.25) is 24.4 Å². The van der Waals surface area contributed by atoms with Gasteiger partial charge in [0, 0.05) is 55.4 Å². The SMILES string of the molecule is CCOc1cccc(CN2CCN(C3(c4ccnc5ccccc45)C(=O)c4ccccc4C3=O)CC2)c1. The summed E-state index contributed by atoms with van der Waals surface area (Å²) >= 11 is 0. The van der Waals surface area contributed by atoms with Crippen LogP contribution in [0.4, 0.5) is 0 Å². The lowest BCUT2D eigenvalue weighted by atomic mass is 9.80. The number of hydrogen-bond acceptors (Lipinski definition) is 6. The lowest BCUT2D eigenvalue weighted by Crippen LogP contribution is -2.60. The monoisotopic (exact) mass is 491 g/mol. The molecule has 0 radical (unpaired) electrons. The van der Waals surface area contributed by atoms with Crippen molar-refractivity contribution in [2.24, 2.45) is 0 Å². The summed E-state index contributed by atoms with van der Waals surface area (Å²) in [6.45, 7) is 6.12. The molecule has 0 amide bonds. The molecule has 6 rings (SSSR count). The van der Waals surface area contributed by atoms with Crippen molar-refractivity contribution >= 4 is 22.5 Å². The second-order valence-electron chi connectivity index (χ2n) is 9.63. The van der Waals surface area contributed by atoms with Crippen LogP contribution in [0.25, 0.3) is 10.9 Å². The minimum Gasteiger partial charge on any atom is -0.494 e. The lowest BCUT2D eigenvalue weighted by Gasteiger charge is -2.44. The van der Waals surface area contributed by atoms with Gasteiger partial charge in [-0.05, 0) is 42.3 Å². The van der Waals surface area contributed by atoms with Gasteiger partial charge in [0.25, 0.3) is 0 Å². The summed E-state index contributed by atoms with van der Waals surface area (Å²) in [6, 6.07) is 25.0. The normalized spacial score (nSPS) is 17.8. The molecule has 4 aromatic rings. The first kappa shape index (κ1) is 23.5. The molecule has 0 bridgehead atoms. The molecule has 1 saturated heterocycles. The van der Waals surface area contributed by atoms with Crippen molar-refractivity contribution < 1.29 is 14.3 Å². The van der Waals surface area contributed by atoms with Crippen LogP contribution in [0.2, 0.25) is 0 Å². The van der Waals surface area contributed by atoms with Crippen LogP contribution < -0.4 is 4.74 Å². The van der Waals surface area contributed by atoms with Gasteiger partial charge >= 0.3 is 0 Å². The Labute approximate surface area is 216 Å². The summed E-state index contributed by atoms with van der Waals surface area (Å²) in [6.07, 6.45) is 1.71. The molecular formula is C31H29N3O3. The van der Waals surface area contributed by atoms with Crippen molar-refractivity contribution in [3.8, 4) is 5.75 Å². The second kappa shape index (κ2) is 9.54. The highest BCUT2D eigenvalue weighted by molar-refractivity contribution is 6.33. The molecular weight excluding hydrogens is 462 g/mol. The predicted octanol–water partition coefficient (Wildman–Crippen LogP) is 4.73. The molecule has 1 aliphatic carbocycles. The number of carbonyl (C=O) groups is 2. The van der Waals surface area contributed by atoms with E-state index in [1.165, 1.54) is 5.56 Å². The molecule has 0 N–H and O–H groups in total. The van der Waals surface area contributed by atoms with E-state index in [0.717, 1.165) is 41.9 Å². The zero-order valence-corrected chi connectivity index (χ0v) is 20.9. The van der Waals surface area contributed by atoms with E-state index in [0.29, 0.717) is 30.8 Å². The molecule has 2 heterocycles. The Kier molecular flexibility index (Phi) is 6.07. The maximum Gasteiger partial charge on any atom is 0.196 e. The van der Waals surface area contributed by atoms with Crippen LogP contribution in [0, 0.1) is 0 Å². The van der Waals surface area contributed by atoms with Crippen LogP contribution in [0.1, 0.15) is 38.8 Å². The van der Waals surface area contributed by atoms with Gasteiger partial charge in [-0.15, -0.1) is 0 Å². The highest BCUT2D eigenvalue weighted by Gasteiger charge is 2.58. The van der Waals surface area contributed by atoms with Crippen LogP contribution in [-0.2, 0) is 12.1 Å². The summed E-state index contributed by atoms with van der Waals surface area (Å²) in [5, 5.41) is 0.842. The van der Waals surface area contributed by atoms with Crippen molar-refractivity contribution in [1.82, 2.24) is 14.8 Å². The fourth-order valence-electron chi connectivity index (χ4n) is 5.89. The second-order valence-corrected chi connectivity index (χ2v) is 9.63. The minimum atomic E-state index is -1.38. The number of piperazine rings is 1. The van der Waals surface area contributed by atoms with Crippen LogP contribution in [0.15, 0.2) is 85.1 Å². The van der Waals surface area contributed by atoms with Crippen LogP contribution in [-0.4, -0.2) is 59.1 Å². The van der Waals surface area contributed by atoms with Gasteiger partial charge in [0.15, 0.2) is 17.1 Å². The largest absolute Gasteiger partial charge is 0.494 e. The number of fused-ring (bicyclic) bond motifs is 2. The Morgan fingerprint density at radius 3 is 2.27 bits per heavy atom. The molecule has 0 atom stereocenters. The molecule has 37 heavy (non-hydrogen) atoms. The van der Waals surface area contributed by atoms with Crippen LogP contribution in [0.5, 0.6) is 5.75 Å². The number of benzene rings is 3. The number of ether oxygens (including phenoxy) is 1. The Hall–Kier alpha value is -3.87. The van der Waals surface area contributed by atoms with Gasteiger partial charge in [0.1, 0.15) is 5.75 Å². The number of pyridine rings is 1. The fourth-order valence-corrected chi connectivity index (χ4v) is 5.89. The highest BCUT2D eigenvalue weighted by Crippen LogP contribution is 2.45. The molecule has 0 spiro atoms. The summed E-state index contributed by atoms with van der Waals surface area (Å²) in [4.78, 5) is 37.5. The summed E-state index contributed by atoms with van der Waals surface area (Å²) in [7, 11) is 0. The van der Waals surface area contributed by atoms with E-state index in [1.54, 1.807) is 18.3 Å². The average molecular weight is 492 g/mol. The Morgan fingerprint density at radius 2 is 1.54 bits per heavy atom. The van der Waals surface area contributed by atoms with E-state index < -0.39 is 5.54 Å². The van der Waals surface area contributed by atoms with Crippen molar-refractivity contribution in [1.29, 1.82) is 0 Å². The van der Waals surface area contributed by atoms with Gasteiger partial charge in [-0.1, -0.05) is 54.6 Å². The predicted molar refractivity (Wildman–Crippen MR) is 143 cm³/mol. The first-order valence-electron chi connectivity index (χ1n) is 12.8. The zero-order valence-electron chi connectivity index (χ0n) is 20.9. The standard InChI is InChI=1S/C31H29N3O3/c1-2-37-23-9-7-8-22(20-23)21-33-16-18-34(19-17-33)31(27-14-15-32-28-13-6-5-12-26(27)28)29(35)24-10-3-4-11-25(24)30(31)36/h3-15,20H,2,16-19,21H2,1H3. The number of carbonyl (C=O) groups excluding carboxylic acids is 2. The van der Waals surface area contributed by atoms with E-state index in [2.05, 4.69) is 26.9 Å². The molecule has 6 nitrogen and oxygen atoms in total. The van der Waals surface area contributed by atoms with Crippen molar-refractivity contribution in [2.45, 2.75) is 19.0 Å². The van der Waals surface area contributed by atoms with E-state index in [-0.39, 0.29) is 11.6 Å². The third kappa shape index (κ3) is 3.84. The molecule has 1 aliphatic heterocycles. The third-order valence-corrected chi connectivity index (χ3v) is 7.57. The van der Waals surface area contributed by atoms with Crippen molar-refractivity contribution in [3.63, 3.8) is 0 Å². The molecule has 2 aliphatic rings. The van der Waals surface area contributed by atoms with E-state index in [4.69, 9.17) is 4.74 Å². The summed E-state index contributed by atoms with van der Waals surface area (Å²) < 4.78 is 5.67. The Bertz CT molecular complexity index is 1450. The molecule has 0 unspecified atom stereocenters. The molecule has 3 aromatic carbocycles. The van der Waals surface area contributed by atoms with E-state index >= 15 is 0 Å². The molecule has 1 fully saturated rings. The van der Waals surface area contributed by atoms with Crippen molar-refractivity contribution in [2.75, 3.05) is 32.8 Å². The van der Waals surface area contributed by atoms with Gasteiger partial charge in [0.2, 0.25) is 0 Å². The number of aromatic nitrogens is 1. The van der Waals surface area contributed by atoms with Gasteiger partial charge in [-0.2, -0.15) is 0 Å². The minimum absolute atomic E-state index is 0.137. The highest BCUT2D eigenvalue weighted by atomic mass is 16.5. The smallest absolute Gasteiger partial charge is 0.196 e. The summed E-state index contributed by atoms with van der Waals surface area (Å²) in [5.41, 5.74) is 2.32.